The van der Waals surface area contributed by atoms with Crippen LogP contribution in [0.25, 0.3) is 0 Å². The zero-order valence-corrected chi connectivity index (χ0v) is 20.4. The Morgan fingerprint density at radius 3 is 2.56 bits per heavy atom. The number of piperidine rings is 1. The van der Waals surface area contributed by atoms with Crippen molar-refractivity contribution in [3.05, 3.63) is 45.1 Å². The summed E-state index contributed by atoms with van der Waals surface area (Å²) in [6.45, 7) is 2.53. The summed E-state index contributed by atoms with van der Waals surface area (Å²) < 4.78 is 33.9. The fraction of sp³-hybridized carbons (Fsp3) is 0.500. The molecule has 1 aromatic carbocycles. The number of aromatic amines is 1. The van der Waals surface area contributed by atoms with E-state index in [1.54, 1.807) is 12.1 Å². The van der Waals surface area contributed by atoms with Crippen molar-refractivity contribution in [2.75, 3.05) is 37.9 Å². The van der Waals surface area contributed by atoms with Crippen LogP contribution in [0, 0.1) is 5.92 Å². The third-order valence-corrected chi connectivity index (χ3v) is 7.93. The topological polar surface area (TPSA) is 148 Å². The molecule has 2 heterocycles. The number of sulfonamides is 1. The number of H-pyrrole nitrogens is 1. The van der Waals surface area contributed by atoms with Gasteiger partial charge >= 0.3 is 5.69 Å². The van der Waals surface area contributed by atoms with Crippen molar-refractivity contribution in [2.45, 2.75) is 44.0 Å². The number of carbonyl (C=O) groups excluding carboxylic acids is 1. The summed E-state index contributed by atoms with van der Waals surface area (Å²) in [6.07, 6.45) is 2.44. The number of amides is 1. The largest absolute Gasteiger partial charge is 0.497 e. The zero-order valence-electron chi connectivity index (χ0n) is 19.6. The van der Waals surface area contributed by atoms with Gasteiger partial charge in [0.05, 0.1) is 17.9 Å². The van der Waals surface area contributed by atoms with Crippen molar-refractivity contribution in [1.82, 2.24) is 13.9 Å². The molecule has 1 aliphatic rings. The molecule has 12 heteroatoms. The van der Waals surface area contributed by atoms with Gasteiger partial charge in [-0.25, -0.2) is 13.2 Å². The van der Waals surface area contributed by atoms with E-state index in [9.17, 15) is 22.8 Å². The van der Waals surface area contributed by atoms with E-state index in [4.69, 9.17) is 10.5 Å². The van der Waals surface area contributed by atoms with Crippen LogP contribution in [0.2, 0.25) is 0 Å². The van der Waals surface area contributed by atoms with Crippen molar-refractivity contribution in [3.63, 3.8) is 0 Å². The second-order valence-corrected chi connectivity index (χ2v) is 10.2. The Bertz CT molecular complexity index is 1250. The number of rotatable bonds is 8. The number of aromatic nitrogens is 2. The molecule has 34 heavy (non-hydrogen) atoms. The summed E-state index contributed by atoms with van der Waals surface area (Å²) in [5, 5.41) is 0. The van der Waals surface area contributed by atoms with Crippen LogP contribution in [0.15, 0.2) is 38.8 Å². The second-order valence-electron chi connectivity index (χ2n) is 8.27. The van der Waals surface area contributed by atoms with E-state index in [2.05, 4.69) is 4.98 Å². The van der Waals surface area contributed by atoms with Crippen LogP contribution < -0.4 is 26.6 Å². The average molecular weight is 494 g/mol. The van der Waals surface area contributed by atoms with E-state index in [-0.39, 0.29) is 29.5 Å². The number of nitrogens with zero attached hydrogens (tertiary/aromatic N) is 3. The summed E-state index contributed by atoms with van der Waals surface area (Å²) >= 11 is 0. The molecule has 1 aromatic heterocycles. The van der Waals surface area contributed by atoms with Crippen LogP contribution in [-0.2, 0) is 21.4 Å². The van der Waals surface area contributed by atoms with E-state index in [1.807, 2.05) is 6.92 Å². The molecule has 1 saturated heterocycles. The third kappa shape index (κ3) is 5.02. The van der Waals surface area contributed by atoms with Gasteiger partial charge in [0, 0.05) is 26.7 Å². The first-order valence-corrected chi connectivity index (χ1v) is 12.6. The minimum absolute atomic E-state index is 0.0230. The van der Waals surface area contributed by atoms with Crippen LogP contribution in [-0.4, -0.2) is 55.4 Å². The molecule has 1 atom stereocenters. The molecule has 186 valence electrons. The van der Waals surface area contributed by atoms with Gasteiger partial charge in [-0.05, 0) is 43.5 Å². The van der Waals surface area contributed by atoms with E-state index >= 15 is 0 Å². The number of anilines is 2. The summed E-state index contributed by atoms with van der Waals surface area (Å²) in [5.41, 5.74) is 4.62. The third-order valence-electron chi connectivity index (χ3n) is 6.05. The Hall–Kier alpha value is -3.12. The maximum absolute atomic E-state index is 13.3. The molecule has 3 N–H and O–H groups in total. The summed E-state index contributed by atoms with van der Waals surface area (Å²) in [6, 6.07) is 6.06. The Morgan fingerprint density at radius 2 is 1.94 bits per heavy atom. The Morgan fingerprint density at radius 1 is 1.26 bits per heavy atom. The van der Waals surface area contributed by atoms with Gasteiger partial charge in [0.2, 0.25) is 15.9 Å². The molecule has 1 aliphatic heterocycles. The van der Waals surface area contributed by atoms with Crippen molar-refractivity contribution in [2.24, 2.45) is 5.92 Å². The molecule has 1 amide bonds. The molecule has 0 bridgehead atoms. The number of nitrogens with one attached hydrogen (secondary N) is 1. The number of nitrogen functional groups attached to an aromatic ring is 1. The predicted octanol–water partition coefficient (Wildman–Crippen LogP) is 0.991. The second kappa shape index (κ2) is 10.4. The highest BCUT2D eigenvalue weighted by molar-refractivity contribution is 7.89. The lowest BCUT2D eigenvalue weighted by molar-refractivity contribution is -0.123. The van der Waals surface area contributed by atoms with Crippen LogP contribution in [0.4, 0.5) is 11.5 Å². The number of methoxy groups -OCH3 is 1. The van der Waals surface area contributed by atoms with Gasteiger partial charge in [-0.2, -0.15) is 4.31 Å². The number of hydrogen-bond donors (Lipinski definition) is 2. The molecular weight excluding hydrogens is 462 g/mol. The number of carbonyl (C=O) groups is 1. The SMILES string of the molecule is CCCCn1c(N)c(N(C)C(=O)C2CCCN(S(=O)(=O)c3ccc(OC)cc3)C2)c(=O)[nH]c1=O. The van der Waals surface area contributed by atoms with Crippen molar-refractivity contribution in [3.8, 4) is 5.75 Å². The van der Waals surface area contributed by atoms with Gasteiger partial charge < -0.3 is 15.4 Å². The van der Waals surface area contributed by atoms with Crippen LogP contribution in [0.5, 0.6) is 5.75 Å². The quantitative estimate of drug-likeness (QED) is 0.557. The minimum Gasteiger partial charge on any atom is -0.497 e. The first-order chi connectivity index (χ1) is 16.1. The first-order valence-electron chi connectivity index (χ1n) is 11.2. The van der Waals surface area contributed by atoms with Crippen LogP contribution in [0.1, 0.15) is 32.6 Å². The molecule has 0 spiro atoms. The Kier molecular flexibility index (Phi) is 7.82. The Balaban J connectivity index is 1.85. The van der Waals surface area contributed by atoms with Crippen LogP contribution in [0.3, 0.4) is 0 Å². The lowest BCUT2D eigenvalue weighted by Crippen LogP contribution is -2.47. The van der Waals surface area contributed by atoms with E-state index in [1.165, 1.54) is 35.2 Å². The van der Waals surface area contributed by atoms with E-state index in [0.29, 0.717) is 31.6 Å². The molecule has 1 unspecified atom stereocenters. The monoisotopic (exact) mass is 493 g/mol. The molecular formula is C22H31N5O6S. The van der Waals surface area contributed by atoms with Gasteiger partial charge in [-0.3, -0.25) is 19.1 Å². The normalized spacial score (nSPS) is 16.9. The molecule has 11 nitrogen and oxygen atoms in total. The number of hydrogen-bond acceptors (Lipinski definition) is 7. The van der Waals surface area contributed by atoms with Crippen molar-refractivity contribution in [1.29, 1.82) is 0 Å². The number of benzene rings is 1. The van der Waals surface area contributed by atoms with Crippen molar-refractivity contribution >= 4 is 27.4 Å². The Labute approximate surface area is 198 Å². The van der Waals surface area contributed by atoms with Crippen molar-refractivity contribution < 1.29 is 17.9 Å². The summed E-state index contributed by atoms with van der Waals surface area (Å²) in [4.78, 5) is 41.5. The lowest BCUT2D eigenvalue weighted by atomic mass is 9.98. The summed E-state index contributed by atoms with van der Waals surface area (Å²) in [7, 11) is -0.908. The molecule has 0 aliphatic carbocycles. The predicted molar refractivity (Wildman–Crippen MR) is 129 cm³/mol. The highest BCUT2D eigenvalue weighted by Crippen LogP contribution is 2.27. The van der Waals surface area contributed by atoms with Gasteiger partial charge in [0.25, 0.3) is 5.56 Å². The molecule has 1 fully saturated rings. The summed E-state index contributed by atoms with van der Waals surface area (Å²) in [5.74, 6) is -0.652. The fourth-order valence-corrected chi connectivity index (χ4v) is 5.61. The molecule has 0 radical (unpaired) electrons. The van der Waals surface area contributed by atoms with Gasteiger partial charge in [0.15, 0.2) is 5.69 Å². The highest BCUT2D eigenvalue weighted by Gasteiger charge is 2.35. The fourth-order valence-electron chi connectivity index (χ4n) is 4.08. The standard InChI is InChI=1S/C22H31N5O6S/c1-4-5-13-27-19(23)18(20(28)24-22(27)30)25(2)21(29)15-7-6-12-26(14-15)34(31,32)17-10-8-16(33-3)9-11-17/h8-11,15H,4-7,12-14,23H2,1-3H3,(H,24,28,30). The molecule has 3 rings (SSSR count). The highest BCUT2D eigenvalue weighted by atomic mass is 32.2. The number of unbranched alkanes of at least 4 members (excludes halogenated alkanes) is 1. The lowest BCUT2D eigenvalue weighted by Gasteiger charge is -2.33. The zero-order chi connectivity index (χ0) is 25.0. The smallest absolute Gasteiger partial charge is 0.330 e. The van der Waals surface area contributed by atoms with Crippen LogP contribution >= 0.6 is 0 Å². The van der Waals surface area contributed by atoms with Gasteiger partial charge in [0.1, 0.15) is 11.6 Å². The van der Waals surface area contributed by atoms with Gasteiger partial charge in [-0.1, -0.05) is 13.3 Å². The van der Waals surface area contributed by atoms with Gasteiger partial charge in [-0.15, -0.1) is 0 Å². The molecule has 0 saturated carbocycles. The minimum atomic E-state index is -3.81. The maximum Gasteiger partial charge on any atom is 0.330 e. The average Bonchev–Trinajstić information content (AvgIpc) is 2.83. The first kappa shape index (κ1) is 25.5. The van der Waals surface area contributed by atoms with E-state index < -0.39 is 33.1 Å². The number of ether oxygens (including phenoxy) is 1. The number of nitrogens with two attached hydrogens (primary N) is 1. The maximum atomic E-state index is 13.3. The molecule has 2 aromatic rings. The van der Waals surface area contributed by atoms with E-state index in [0.717, 1.165) is 11.3 Å².